The van der Waals surface area contributed by atoms with E-state index in [9.17, 15) is 4.79 Å². The van der Waals surface area contributed by atoms with Crippen molar-refractivity contribution in [3.05, 3.63) is 12.2 Å². The van der Waals surface area contributed by atoms with Crippen LogP contribution in [-0.4, -0.2) is 12.1 Å². The number of carbonyl (C=O) groups is 1. The van der Waals surface area contributed by atoms with E-state index in [1.807, 2.05) is 0 Å². The van der Waals surface area contributed by atoms with Crippen molar-refractivity contribution in [3.63, 3.8) is 0 Å². The van der Waals surface area contributed by atoms with Gasteiger partial charge in [0, 0.05) is 18.8 Å². The molecule has 2 bridgehead atoms. The molecule has 0 aromatic rings. The minimum Gasteiger partial charge on any atom is -0.462 e. The van der Waals surface area contributed by atoms with Crippen LogP contribution in [0.2, 0.25) is 0 Å². The normalized spacial score (nSPS) is 38.8. The van der Waals surface area contributed by atoms with Crippen LogP contribution in [-0.2, 0) is 9.53 Å². The molecular weight excluding hydrogens is 176 g/mol. The van der Waals surface area contributed by atoms with Crippen molar-refractivity contribution in [1.29, 1.82) is 0 Å². The van der Waals surface area contributed by atoms with E-state index in [1.165, 1.54) is 12.5 Å². The zero-order valence-corrected chi connectivity index (χ0v) is 9.17. The number of rotatable bonds is 1. The molecule has 0 aliphatic heterocycles. The number of fused-ring (bicyclic) bond motifs is 2. The van der Waals surface area contributed by atoms with Gasteiger partial charge in [0.2, 0.25) is 0 Å². The Kier molecular flexibility index (Phi) is 1.98. The van der Waals surface area contributed by atoms with Gasteiger partial charge in [0.15, 0.2) is 0 Å². The summed E-state index contributed by atoms with van der Waals surface area (Å²) in [6.45, 7) is 10.1. The van der Waals surface area contributed by atoms with Gasteiger partial charge in [-0.2, -0.15) is 0 Å². The van der Waals surface area contributed by atoms with E-state index < -0.39 is 0 Å². The second-order valence-corrected chi connectivity index (χ2v) is 5.18. The van der Waals surface area contributed by atoms with Crippen molar-refractivity contribution in [1.82, 2.24) is 0 Å². The maximum atomic E-state index is 10.9. The molecule has 3 aliphatic carbocycles. The van der Waals surface area contributed by atoms with Gasteiger partial charge in [-0.3, -0.25) is 4.79 Å². The van der Waals surface area contributed by atoms with Gasteiger partial charge in [-0.25, -0.2) is 0 Å². The summed E-state index contributed by atoms with van der Waals surface area (Å²) in [7, 11) is 0. The number of hydrogen-bond donors (Lipinski definition) is 0. The Morgan fingerprint density at radius 3 is 2.64 bits per heavy atom. The Bertz CT molecular complexity index is 291. The minimum absolute atomic E-state index is 0.115. The molecule has 3 rings (SSSR count). The second-order valence-electron chi connectivity index (χ2n) is 5.18. The molecule has 3 fully saturated rings. The van der Waals surface area contributed by atoms with E-state index in [0.29, 0.717) is 11.8 Å². The Morgan fingerprint density at radius 1 is 1.57 bits per heavy atom. The number of carbonyl (C=O) groups excluding carboxylic acids is 1. The fraction of sp³-hybridized carbons (Fsp3) is 0.750. The molecule has 0 saturated heterocycles. The standard InChI is InChI=1S/C12H18O2/c1-7-5-6-9-11(14-8(2)13)10(7)12(9,3)4/h9-11H,1,5-6H2,2-4H3/t9-,10+,11+/m0/s1. The number of ether oxygens (including phenoxy) is 1. The second kappa shape index (κ2) is 2.85. The molecule has 3 atom stereocenters. The molecule has 3 saturated carbocycles. The smallest absolute Gasteiger partial charge is 0.302 e. The molecule has 3 aliphatic rings. The van der Waals surface area contributed by atoms with E-state index in [4.69, 9.17) is 4.74 Å². The highest BCUT2D eigenvalue weighted by molar-refractivity contribution is 5.66. The van der Waals surface area contributed by atoms with E-state index in [1.54, 1.807) is 0 Å². The molecule has 2 nitrogen and oxygen atoms in total. The third-order valence-corrected chi connectivity index (χ3v) is 4.00. The predicted octanol–water partition coefficient (Wildman–Crippen LogP) is 2.54. The first-order valence-corrected chi connectivity index (χ1v) is 5.29. The van der Waals surface area contributed by atoms with Gasteiger partial charge < -0.3 is 4.74 Å². The summed E-state index contributed by atoms with van der Waals surface area (Å²) in [5.74, 6) is 0.780. The molecular formula is C12H18O2. The third-order valence-electron chi connectivity index (χ3n) is 4.00. The predicted molar refractivity (Wildman–Crippen MR) is 54.7 cm³/mol. The topological polar surface area (TPSA) is 26.3 Å². The zero-order chi connectivity index (χ0) is 10.5. The van der Waals surface area contributed by atoms with Crippen LogP contribution in [0.5, 0.6) is 0 Å². The van der Waals surface area contributed by atoms with E-state index >= 15 is 0 Å². The van der Waals surface area contributed by atoms with Crippen LogP contribution in [0.3, 0.4) is 0 Å². The molecule has 0 radical (unpaired) electrons. The van der Waals surface area contributed by atoms with Crippen molar-refractivity contribution >= 4 is 5.97 Å². The molecule has 0 aromatic heterocycles. The van der Waals surface area contributed by atoms with Gasteiger partial charge in [0.05, 0.1) is 0 Å². The van der Waals surface area contributed by atoms with Crippen LogP contribution in [0.25, 0.3) is 0 Å². The molecule has 78 valence electrons. The molecule has 0 amide bonds. The van der Waals surface area contributed by atoms with Crippen molar-refractivity contribution in [2.75, 3.05) is 0 Å². The quantitative estimate of drug-likeness (QED) is 0.473. The van der Waals surface area contributed by atoms with Gasteiger partial charge in [-0.05, 0) is 18.3 Å². The maximum Gasteiger partial charge on any atom is 0.302 e. The summed E-state index contributed by atoms with van der Waals surface area (Å²) >= 11 is 0. The van der Waals surface area contributed by atoms with Crippen molar-refractivity contribution in [2.24, 2.45) is 17.3 Å². The van der Waals surface area contributed by atoms with Gasteiger partial charge in [-0.1, -0.05) is 26.0 Å². The maximum absolute atomic E-state index is 10.9. The van der Waals surface area contributed by atoms with Crippen LogP contribution in [0.1, 0.15) is 33.6 Å². The Balaban J connectivity index is 2.17. The Labute approximate surface area is 85.3 Å². The van der Waals surface area contributed by atoms with Gasteiger partial charge in [-0.15, -0.1) is 0 Å². The monoisotopic (exact) mass is 194 g/mol. The van der Waals surface area contributed by atoms with E-state index in [2.05, 4.69) is 20.4 Å². The average Bonchev–Trinajstić information content (AvgIpc) is 2.01. The molecule has 14 heavy (non-hydrogen) atoms. The van der Waals surface area contributed by atoms with Crippen LogP contribution in [0, 0.1) is 17.3 Å². The average molecular weight is 194 g/mol. The van der Waals surface area contributed by atoms with Crippen molar-refractivity contribution in [2.45, 2.75) is 39.7 Å². The summed E-state index contributed by atoms with van der Waals surface area (Å²) in [4.78, 5) is 10.9. The first-order chi connectivity index (χ1) is 6.44. The molecule has 0 aromatic carbocycles. The van der Waals surface area contributed by atoms with Gasteiger partial charge in [0.25, 0.3) is 0 Å². The minimum atomic E-state index is -0.157. The van der Waals surface area contributed by atoms with E-state index in [0.717, 1.165) is 12.8 Å². The highest BCUT2D eigenvalue weighted by Gasteiger charge is 2.61. The summed E-state index contributed by atoms with van der Waals surface area (Å²) in [5, 5.41) is 0. The van der Waals surface area contributed by atoms with Gasteiger partial charge in [0.1, 0.15) is 6.10 Å². The molecule has 0 unspecified atom stereocenters. The first kappa shape index (κ1) is 9.75. The van der Waals surface area contributed by atoms with Crippen LogP contribution >= 0.6 is 0 Å². The summed E-state index contributed by atoms with van der Waals surface area (Å²) in [5.41, 5.74) is 1.55. The molecule has 0 heterocycles. The summed E-state index contributed by atoms with van der Waals surface area (Å²) < 4.78 is 5.36. The van der Waals surface area contributed by atoms with Crippen LogP contribution < -0.4 is 0 Å². The third kappa shape index (κ3) is 1.13. The molecule has 0 N–H and O–H groups in total. The highest BCUT2D eigenvalue weighted by Crippen LogP contribution is 2.61. The lowest BCUT2D eigenvalue weighted by Crippen LogP contribution is -2.62. The zero-order valence-electron chi connectivity index (χ0n) is 9.17. The lowest BCUT2D eigenvalue weighted by atomic mass is 9.45. The van der Waals surface area contributed by atoms with Crippen LogP contribution in [0.15, 0.2) is 12.2 Å². The largest absolute Gasteiger partial charge is 0.462 e. The van der Waals surface area contributed by atoms with E-state index in [-0.39, 0.29) is 17.5 Å². The highest BCUT2D eigenvalue weighted by atomic mass is 16.5. The Hall–Kier alpha value is -0.790. The summed E-state index contributed by atoms with van der Waals surface area (Å²) in [6, 6.07) is 0. The Morgan fingerprint density at radius 2 is 2.21 bits per heavy atom. The molecule has 2 heteroatoms. The van der Waals surface area contributed by atoms with Gasteiger partial charge >= 0.3 is 5.97 Å². The molecule has 0 spiro atoms. The fourth-order valence-electron chi connectivity index (χ4n) is 3.32. The number of esters is 1. The fourth-order valence-corrected chi connectivity index (χ4v) is 3.32. The lowest BCUT2D eigenvalue weighted by molar-refractivity contribution is -0.196. The SMILES string of the molecule is C=C1CC[C@H]2[C@@H](OC(C)=O)[C@@H]1C2(C)C. The lowest BCUT2D eigenvalue weighted by Gasteiger charge is -2.61. The van der Waals surface area contributed by atoms with Crippen molar-refractivity contribution in [3.8, 4) is 0 Å². The van der Waals surface area contributed by atoms with Crippen molar-refractivity contribution < 1.29 is 9.53 Å². The summed E-state index contributed by atoms with van der Waals surface area (Å²) in [6.07, 6.45) is 2.35. The number of hydrogen-bond acceptors (Lipinski definition) is 2. The first-order valence-electron chi connectivity index (χ1n) is 5.29. The van der Waals surface area contributed by atoms with Crippen LogP contribution in [0.4, 0.5) is 0 Å².